The highest BCUT2D eigenvalue weighted by atomic mass is 127. The maximum atomic E-state index is 12.4. The summed E-state index contributed by atoms with van der Waals surface area (Å²) in [5.74, 6) is -0.471. The minimum atomic E-state index is -0.790. The van der Waals surface area contributed by atoms with E-state index in [9.17, 15) is 14.7 Å². The molecule has 2 aromatic carbocycles. The van der Waals surface area contributed by atoms with Crippen molar-refractivity contribution in [3.63, 3.8) is 0 Å². The summed E-state index contributed by atoms with van der Waals surface area (Å²) in [4.78, 5) is 24.5. The van der Waals surface area contributed by atoms with Gasteiger partial charge in [-0.15, -0.1) is 0 Å². The van der Waals surface area contributed by atoms with Gasteiger partial charge in [0.15, 0.2) is 18.1 Å². The van der Waals surface area contributed by atoms with Gasteiger partial charge < -0.3 is 24.1 Å². The minimum Gasteiger partial charge on any atom is -0.507 e. The number of esters is 1. The Hall–Kier alpha value is -2.49. The van der Waals surface area contributed by atoms with Crippen LogP contribution in [0.15, 0.2) is 30.3 Å². The van der Waals surface area contributed by atoms with Gasteiger partial charge in [0.05, 0.1) is 21.3 Å². The molecule has 0 radical (unpaired) electrons. The standard InChI is InChI=1S/C18H17IO7/c1-23-15-6-10(7-16(24-2)17(15)25-3)14(21)9-26-18(22)12-8-11(19)4-5-13(12)20/h4-8,20H,9H2,1-3H3. The third kappa shape index (κ3) is 4.37. The molecule has 2 rings (SSSR count). The van der Waals surface area contributed by atoms with Crippen molar-refractivity contribution in [1.82, 2.24) is 0 Å². The van der Waals surface area contributed by atoms with E-state index in [0.29, 0.717) is 17.2 Å². The Morgan fingerprint density at radius 2 is 1.62 bits per heavy atom. The van der Waals surface area contributed by atoms with E-state index in [1.54, 1.807) is 6.07 Å². The summed E-state index contributed by atoms with van der Waals surface area (Å²) in [5, 5.41) is 9.75. The second-order valence-corrected chi connectivity index (χ2v) is 6.32. The summed E-state index contributed by atoms with van der Waals surface area (Å²) in [5.41, 5.74) is 0.230. The number of benzene rings is 2. The smallest absolute Gasteiger partial charge is 0.342 e. The number of hydrogen-bond donors (Lipinski definition) is 1. The lowest BCUT2D eigenvalue weighted by Gasteiger charge is -2.13. The van der Waals surface area contributed by atoms with Crippen LogP contribution < -0.4 is 14.2 Å². The van der Waals surface area contributed by atoms with Crippen LogP contribution in [-0.4, -0.2) is 44.8 Å². The summed E-state index contributed by atoms with van der Waals surface area (Å²) >= 11 is 2.00. The Labute approximate surface area is 164 Å². The van der Waals surface area contributed by atoms with E-state index in [1.165, 1.54) is 45.6 Å². The fraction of sp³-hybridized carbons (Fsp3) is 0.222. The average molecular weight is 472 g/mol. The second-order valence-electron chi connectivity index (χ2n) is 5.07. The molecule has 0 aromatic heterocycles. The summed E-state index contributed by atoms with van der Waals surface area (Å²) < 4.78 is 21.4. The predicted octanol–water partition coefficient (Wildman–Crippen LogP) is 3.06. The number of hydrogen-bond acceptors (Lipinski definition) is 7. The zero-order valence-corrected chi connectivity index (χ0v) is 16.5. The molecule has 7 nitrogen and oxygen atoms in total. The maximum absolute atomic E-state index is 12.4. The van der Waals surface area contributed by atoms with Gasteiger partial charge in [-0.25, -0.2) is 4.79 Å². The largest absolute Gasteiger partial charge is 0.507 e. The summed E-state index contributed by atoms with van der Waals surface area (Å²) in [6.07, 6.45) is 0. The molecule has 0 heterocycles. The van der Waals surface area contributed by atoms with Crippen molar-refractivity contribution in [3.8, 4) is 23.0 Å². The van der Waals surface area contributed by atoms with Crippen LogP contribution in [0.2, 0.25) is 0 Å². The van der Waals surface area contributed by atoms with Crippen LogP contribution in [0.3, 0.4) is 0 Å². The number of Topliss-reactive ketones (excluding diaryl/α,β-unsaturated/α-hetero) is 1. The Morgan fingerprint density at radius 1 is 1.00 bits per heavy atom. The van der Waals surface area contributed by atoms with Crippen molar-refractivity contribution >= 4 is 34.3 Å². The van der Waals surface area contributed by atoms with Crippen LogP contribution >= 0.6 is 22.6 Å². The van der Waals surface area contributed by atoms with E-state index < -0.39 is 18.4 Å². The van der Waals surface area contributed by atoms with E-state index in [-0.39, 0.29) is 16.9 Å². The Morgan fingerprint density at radius 3 is 2.15 bits per heavy atom. The number of methoxy groups -OCH3 is 3. The molecule has 26 heavy (non-hydrogen) atoms. The molecule has 0 atom stereocenters. The summed E-state index contributed by atoms with van der Waals surface area (Å²) in [7, 11) is 4.33. The first-order chi connectivity index (χ1) is 12.4. The molecule has 0 fully saturated rings. The highest BCUT2D eigenvalue weighted by molar-refractivity contribution is 14.1. The van der Waals surface area contributed by atoms with Gasteiger partial charge in [0.2, 0.25) is 11.5 Å². The molecule has 0 amide bonds. The number of halogens is 1. The van der Waals surface area contributed by atoms with E-state index in [4.69, 9.17) is 18.9 Å². The molecule has 0 aliphatic rings. The lowest BCUT2D eigenvalue weighted by atomic mass is 10.1. The van der Waals surface area contributed by atoms with Gasteiger partial charge in [0, 0.05) is 9.13 Å². The van der Waals surface area contributed by atoms with E-state index >= 15 is 0 Å². The van der Waals surface area contributed by atoms with Crippen molar-refractivity contribution in [3.05, 3.63) is 45.0 Å². The molecule has 138 valence electrons. The van der Waals surface area contributed by atoms with Gasteiger partial charge >= 0.3 is 5.97 Å². The Balaban J connectivity index is 2.17. The molecule has 0 aliphatic heterocycles. The fourth-order valence-electron chi connectivity index (χ4n) is 2.21. The molecule has 0 bridgehead atoms. The van der Waals surface area contributed by atoms with Crippen molar-refractivity contribution < 1.29 is 33.6 Å². The van der Waals surface area contributed by atoms with Crippen LogP contribution in [-0.2, 0) is 4.74 Å². The van der Waals surface area contributed by atoms with Gasteiger partial charge in [0.25, 0.3) is 0 Å². The third-order valence-electron chi connectivity index (χ3n) is 3.50. The third-order valence-corrected chi connectivity index (χ3v) is 4.17. The van der Waals surface area contributed by atoms with Crippen LogP contribution in [0, 0.1) is 3.57 Å². The van der Waals surface area contributed by atoms with Crippen molar-refractivity contribution in [2.75, 3.05) is 27.9 Å². The normalized spacial score (nSPS) is 10.2. The van der Waals surface area contributed by atoms with Crippen molar-refractivity contribution in [2.24, 2.45) is 0 Å². The molecule has 0 aliphatic carbocycles. The average Bonchev–Trinajstić information content (AvgIpc) is 2.66. The number of ether oxygens (including phenoxy) is 4. The zero-order chi connectivity index (χ0) is 19.3. The number of phenols is 1. The monoisotopic (exact) mass is 472 g/mol. The number of ketones is 1. The molecule has 0 unspecified atom stereocenters. The minimum absolute atomic E-state index is 0.00501. The molecule has 0 saturated carbocycles. The topological polar surface area (TPSA) is 91.3 Å². The Kier molecular flexibility index (Phi) is 6.67. The molecule has 0 saturated heterocycles. The van der Waals surface area contributed by atoms with Crippen LogP contribution in [0.1, 0.15) is 20.7 Å². The van der Waals surface area contributed by atoms with Crippen LogP contribution in [0.5, 0.6) is 23.0 Å². The molecular weight excluding hydrogens is 455 g/mol. The highest BCUT2D eigenvalue weighted by Crippen LogP contribution is 2.38. The molecule has 1 N–H and O–H groups in total. The number of rotatable bonds is 7. The van der Waals surface area contributed by atoms with Gasteiger partial charge in [0.1, 0.15) is 11.3 Å². The van der Waals surface area contributed by atoms with Gasteiger partial charge in [-0.1, -0.05) is 0 Å². The molecule has 2 aromatic rings. The first kappa shape index (κ1) is 19.8. The Bertz CT molecular complexity index is 807. The lowest BCUT2D eigenvalue weighted by Crippen LogP contribution is -2.15. The predicted molar refractivity (Wildman–Crippen MR) is 102 cm³/mol. The van der Waals surface area contributed by atoms with Gasteiger partial charge in [-0.2, -0.15) is 0 Å². The van der Waals surface area contributed by atoms with Crippen LogP contribution in [0.25, 0.3) is 0 Å². The van der Waals surface area contributed by atoms with E-state index in [2.05, 4.69) is 0 Å². The first-order valence-electron chi connectivity index (χ1n) is 7.40. The van der Waals surface area contributed by atoms with Gasteiger partial charge in [-0.3, -0.25) is 4.79 Å². The molecule has 8 heteroatoms. The number of aromatic hydroxyl groups is 1. The summed E-state index contributed by atoms with van der Waals surface area (Å²) in [6, 6.07) is 7.45. The molecular formula is C18H17IO7. The molecule has 0 spiro atoms. The first-order valence-corrected chi connectivity index (χ1v) is 8.48. The van der Waals surface area contributed by atoms with E-state index in [1.807, 2.05) is 22.6 Å². The number of phenolic OH excluding ortho intramolecular Hbond substituents is 1. The van der Waals surface area contributed by atoms with Gasteiger partial charge in [-0.05, 0) is 52.9 Å². The highest BCUT2D eigenvalue weighted by Gasteiger charge is 2.19. The van der Waals surface area contributed by atoms with Crippen molar-refractivity contribution in [2.45, 2.75) is 0 Å². The zero-order valence-electron chi connectivity index (χ0n) is 14.4. The van der Waals surface area contributed by atoms with Crippen LogP contribution in [0.4, 0.5) is 0 Å². The summed E-state index contributed by atoms with van der Waals surface area (Å²) in [6.45, 7) is -0.498. The number of carbonyl (C=O) groups is 2. The fourth-order valence-corrected chi connectivity index (χ4v) is 2.70. The van der Waals surface area contributed by atoms with Crippen molar-refractivity contribution in [1.29, 1.82) is 0 Å². The number of carbonyl (C=O) groups excluding carboxylic acids is 2. The second kappa shape index (κ2) is 8.75. The lowest BCUT2D eigenvalue weighted by molar-refractivity contribution is 0.0471. The van der Waals surface area contributed by atoms with E-state index in [0.717, 1.165) is 3.57 Å². The SMILES string of the molecule is COc1cc(C(=O)COC(=O)c2cc(I)ccc2O)cc(OC)c1OC. The quantitative estimate of drug-likeness (QED) is 0.376. The maximum Gasteiger partial charge on any atom is 0.342 e.